The second kappa shape index (κ2) is 10.8. The van der Waals surface area contributed by atoms with E-state index in [-0.39, 0.29) is 37.4 Å². The van der Waals surface area contributed by atoms with Gasteiger partial charge >= 0.3 is 5.97 Å². The molecule has 0 saturated carbocycles. The van der Waals surface area contributed by atoms with Crippen molar-refractivity contribution in [3.05, 3.63) is 0 Å². The van der Waals surface area contributed by atoms with E-state index in [1.165, 1.54) is 11.8 Å². The van der Waals surface area contributed by atoms with E-state index < -0.39 is 53.3 Å². The molecule has 2 saturated heterocycles. The number of rotatable bonds is 9. The Morgan fingerprint density at radius 2 is 1.88 bits per heavy atom. The number of nitrogens with one attached hydrogen (secondary N) is 2. The number of nitrogens with two attached hydrogens (primary N) is 1. The minimum absolute atomic E-state index is 0.0583. The molecule has 0 aromatic heterocycles. The van der Waals surface area contributed by atoms with Gasteiger partial charge in [0, 0.05) is 24.8 Å². The number of Topliss-reactive ketones (excluding diaryl/α,β-unsaturated/α-hetero) is 1. The number of esters is 1. The smallest absolute Gasteiger partial charge is 0.329 e. The van der Waals surface area contributed by atoms with Crippen LogP contribution in [0.4, 0.5) is 0 Å². The van der Waals surface area contributed by atoms with Crippen LogP contribution in [0, 0.1) is 5.41 Å². The lowest BCUT2D eigenvalue weighted by atomic mass is 9.85. The van der Waals surface area contributed by atoms with Crippen LogP contribution in [0.2, 0.25) is 0 Å². The zero-order chi connectivity index (χ0) is 24.9. The fourth-order valence-electron chi connectivity index (χ4n) is 3.96. The van der Waals surface area contributed by atoms with Crippen molar-refractivity contribution in [3.8, 4) is 0 Å². The van der Waals surface area contributed by atoms with E-state index in [1.807, 2.05) is 0 Å². The molecule has 2 heterocycles. The van der Waals surface area contributed by atoms with Crippen LogP contribution in [0.5, 0.6) is 0 Å². The van der Waals surface area contributed by atoms with Gasteiger partial charge in [-0.05, 0) is 32.6 Å². The van der Waals surface area contributed by atoms with Crippen LogP contribution < -0.4 is 16.4 Å². The zero-order valence-electron chi connectivity index (χ0n) is 19.6. The average Bonchev–Trinajstić information content (AvgIpc) is 3.37. The van der Waals surface area contributed by atoms with Crippen molar-refractivity contribution in [1.29, 1.82) is 0 Å². The highest BCUT2D eigenvalue weighted by molar-refractivity contribution is 5.95. The van der Waals surface area contributed by atoms with Crippen LogP contribution in [0.15, 0.2) is 0 Å². The van der Waals surface area contributed by atoms with Gasteiger partial charge in [0.1, 0.15) is 12.1 Å². The summed E-state index contributed by atoms with van der Waals surface area (Å²) in [5.74, 6) is -2.96. The van der Waals surface area contributed by atoms with Crippen LogP contribution in [0.3, 0.4) is 0 Å². The van der Waals surface area contributed by atoms with Gasteiger partial charge in [0.2, 0.25) is 17.7 Å². The molecule has 0 aliphatic carbocycles. The lowest BCUT2D eigenvalue weighted by Crippen LogP contribution is -2.52. The molecule has 0 aromatic carbocycles. The summed E-state index contributed by atoms with van der Waals surface area (Å²) in [6, 6.07) is -2.58. The number of carbonyl (C=O) groups excluding carboxylic acids is 6. The van der Waals surface area contributed by atoms with Gasteiger partial charge in [0.15, 0.2) is 11.9 Å². The van der Waals surface area contributed by atoms with Gasteiger partial charge in [-0.25, -0.2) is 4.79 Å². The van der Waals surface area contributed by atoms with Crippen molar-refractivity contribution >= 4 is 35.4 Å². The minimum atomic E-state index is -1.22. The Kier molecular flexibility index (Phi) is 8.57. The van der Waals surface area contributed by atoms with Gasteiger partial charge in [-0.2, -0.15) is 0 Å². The van der Waals surface area contributed by atoms with Crippen molar-refractivity contribution in [2.75, 3.05) is 6.54 Å². The highest BCUT2D eigenvalue weighted by atomic mass is 16.5. The Labute approximate surface area is 193 Å². The monoisotopic (exact) mass is 466 g/mol. The highest BCUT2D eigenvalue weighted by Gasteiger charge is 2.41. The van der Waals surface area contributed by atoms with Gasteiger partial charge in [0.05, 0.1) is 6.04 Å². The van der Waals surface area contributed by atoms with Crippen LogP contribution in [0.1, 0.15) is 66.2 Å². The fraction of sp³-hybridized carbons (Fsp3) is 0.727. The Morgan fingerprint density at radius 3 is 2.42 bits per heavy atom. The summed E-state index contributed by atoms with van der Waals surface area (Å²) < 4.78 is 5.32. The SMILES string of the molecule is C[C@@H](OC(=O)[C@@H](CCC(N)=O)NC(=O)C1CCC(=O)N1)C(=O)N1CCCC1C(=O)C(C)(C)C. The molecule has 11 nitrogen and oxygen atoms in total. The first-order valence-corrected chi connectivity index (χ1v) is 11.2. The summed E-state index contributed by atoms with van der Waals surface area (Å²) in [5, 5.41) is 4.98. The first kappa shape index (κ1) is 26.3. The Balaban J connectivity index is 2.04. The van der Waals surface area contributed by atoms with E-state index in [0.29, 0.717) is 19.4 Å². The summed E-state index contributed by atoms with van der Waals surface area (Å²) in [6.07, 6.45) is 0.213. The van der Waals surface area contributed by atoms with Crippen LogP contribution >= 0.6 is 0 Å². The van der Waals surface area contributed by atoms with E-state index in [1.54, 1.807) is 20.8 Å². The summed E-state index contributed by atoms with van der Waals surface area (Å²) in [7, 11) is 0. The number of carbonyl (C=O) groups is 6. The predicted octanol–water partition coefficient (Wildman–Crippen LogP) is -0.447. The van der Waals surface area contributed by atoms with Crippen molar-refractivity contribution in [2.45, 2.75) is 90.4 Å². The van der Waals surface area contributed by atoms with Crippen molar-refractivity contribution in [2.24, 2.45) is 11.1 Å². The second-order valence-electron chi connectivity index (χ2n) is 9.61. The predicted molar refractivity (Wildman–Crippen MR) is 116 cm³/mol. The fourth-order valence-corrected chi connectivity index (χ4v) is 3.96. The lowest BCUT2D eigenvalue weighted by molar-refractivity contribution is -0.162. The third-order valence-corrected chi connectivity index (χ3v) is 5.81. The Hall–Kier alpha value is -2.98. The molecule has 4 N–H and O–H groups in total. The van der Waals surface area contributed by atoms with E-state index in [0.717, 1.165) is 0 Å². The van der Waals surface area contributed by atoms with Gasteiger partial charge in [-0.3, -0.25) is 24.0 Å². The molecule has 0 bridgehead atoms. The summed E-state index contributed by atoms with van der Waals surface area (Å²) in [4.78, 5) is 74.9. The number of hydrogen-bond donors (Lipinski definition) is 3. The maximum absolute atomic E-state index is 13.0. The van der Waals surface area contributed by atoms with E-state index in [2.05, 4.69) is 10.6 Å². The molecule has 2 aliphatic heterocycles. The lowest BCUT2D eigenvalue weighted by Gasteiger charge is -2.31. The first-order valence-electron chi connectivity index (χ1n) is 11.2. The van der Waals surface area contributed by atoms with Gasteiger partial charge in [-0.1, -0.05) is 20.8 Å². The van der Waals surface area contributed by atoms with Gasteiger partial charge in [-0.15, -0.1) is 0 Å². The molecule has 0 radical (unpaired) electrons. The number of nitrogens with zero attached hydrogens (tertiary/aromatic N) is 1. The summed E-state index contributed by atoms with van der Waals surface area (Å²) in [5.41, 5.74) is 4.55. The third kappa shape index (κ3) is 7.00. The van der Waals surface area contributed by atoms with Gasteiger partial charge < -0.3 is 26.0 Å². The third-order valence-electron chi connectivity index (χ3n) is 5.81. The van der Waals surface area contributed by atoms with Crippen LogP contribution in [0.25, 0.3) is 0 Å². The Morgan fingerprint density at radius 1 is 1.21 bits per heavy atom. The van der Waals surface area contributed by atoms with Crippen LogP contribution in [-0.4, -0.2) is 71.1 Å². The normalized spacial score (nSPS) is 22.3. The van der Waals surface area contributed by atoms with Crippen molar-refractivity contribution in [3.63, 3.8) is 0 Å². The maximum atomic E-state index is 13.0. The summed E-state index contributed by atoms with van der Waals surface area (Å²) >= 11 is 0. The van der Waals surface area contributed by atoms with Crippen LogP contribution in [-0.2, 0) is 33.5 Å². The topological polar surface area (TPSA) is 165 Å². The number of hydrogen-bond acceptors (Lipinski definition) is 7. The number of ether oxygens (including phenoxy) is 1. The molecule has 184 valence electrons. The second-order valence-corrected chi connectivity index (χ2v) is 9.61. The number of ketones is 1. The standard InChI is InChI=1S/C22H34N4O7/c1-12(20(31)26-11-5-6-15(26)18(29)22(2,3)4)33-21(32)14(7-9-16(23)27)25-19(30)13-8-10-17(28)24-13/h12-15H,5-11H2,1-4H3,(H2,23,27)(H,24,28)(H,25,30)/t12-,13?,14-,15?/m1/s1. The van der Waals surface area contributed by atoms with Crippen molar-refractivity contribution < 1.29 is 33.5 Å². The summed E-state index contributed by atoms with van der Waals surface area (Å²) in [6.45, 7) is 7.16. The Bertz CT molecular complexity index is 820. The number of likely N-dealkylation sites (tertiary alicyclic amines) is 1. The molecule has 0 aromatic rings. The quantitative estimate of drug-likeness (QED) is 0.387. The van der Waals surface area contributed by atoms with E-state index >= 15 is 0 Å². The molecule has 4 atom stereocenters. The molecule has 4 amide bonds. The molecule has 2 unspecified atom stereocenters. The highest BCUT2D eigenvalue weighted by Crippen LogP contribution is 2.27. The molecule has 2 aliphatic rings. The maximum Gasteiger partial charge on any atom is 0.329 e. The molecule has 0 spiro atoms. The van der Waals surface area contributed by atoms with Gasteiger partial charge in [0.25, 0.3) is 5.91 Å². The van der Waals surface area contributed by atoms with E-state index in [4.69, 9.17) is 10.5 Å². The van der Waals surface area contributed by atoms with Crippen molar-refractivity contribution in [1.82, 2.24) is 15.5 Å². The molecule has 33 heavy (non-hydrogen) atoms. The number of primary amides is 1. The molecule has 11 heteroatoms. The van der Waals surface area contributed by atoms with E-state index in [9.17, 15) is 28.8 Å². The largest absolute Gasteiger partial charge is 0.451 e. The molecule has 2 rings (SSSR count). The molecule has 2 fully saturated rings. The molecular weight excluding hydrogens is 432 g/mol. The molecular formula is C22H34N4O7. The number of amides is 4. The first-order chi connectivity index (χ1) is 15.3. The zero-order valence-corrected chi connectivity index (χ0v) is 19.6. The average molecular weight is 467 g/mol. The minimum Gasteiger partial charge on any atom is -0.451 e.